The first kappa shape index (κ1) is 19.4. The highest BCUT2D eigenvalue weighted by molar-refractivity contribution is 6.10. The second-order valence-corrected chi connectivity index (χ2v) is 5.97. The van der Waals surface area contributed by atoms with E-state index in [4.69, 9.17) is 4.74 Å². The lowest BCUT2D eigenvalue weighted by atomic mass is 10.1. The number of nitriles is 1. The largest absolute Gasteiger partial charge is 0.507 e. The molecular formula is C23H16N2O4. The first-order valence-electron chi connectivity index (χ1n) is 8.65. The lowest BCUT2D eigenvalue weighted by molar-refractivity contribution is -0.112. The van der Waals surface area contributed by atoms with Crippen LogP contribution in [0.5, 0.6) is 11.5 Å². The van der Waals surface area contributed by atoms with Gasteiger partial charge in [-0.15, -0.1) is 0 Å². The second kappa shape index (κ2) is 9.02. The smallest absolute Gasteiger partial charge is 0.347 e. The summed E-state index contributed by atoms with van der Waals surface area (Å²) in [5.41, 5.74) is 0.800. The molecule has 0 heterocycles. The van der Waals surface area contributed by atoms with E-state index < -0.39 is 11.9 Å². The Morgan fingerprint density at radius 1 is 0.966 bits per heavy atom. The summed E-state index contributed by atoms with van der Waals surface area (Å²) >= 11 is 0. The summed E-state index contributed by atoms with van der Waals surface area (Å²) < 4.78 is 5.19. The Hall–Kier alpha value is -4.37. The summed E-state index contributed by atoms with van der Waals surface area (Å²) in [4.78, 5) is 24.5. The molecule has 29 heavy (non-hydrogen) atoms. The number of nitrogens with zero attached hydrogens (tertiary/aromatic N) is 1. The molecular weight excluding hydrogens is 368 g/mol. The molecule has 0 radical (unpaired) electrons. The molecule has 3 aromatic rings. The molecule has 0 unspecified atom stereocenters. The quantitative estimate of drug-likeness (QED) is 0.298. The van der Waals surface area contributed by atoms with Crippen LogP contribution in [-0.4, -0.2) is 17.0 Å². The van der Waals surface area contributed by atoms with Gasteiger partial charge in [-0.05, 0) is 35.9 Å². The van der Waals surface area contributed by atoms with Gasteiger partial charge < -0.3 is 15.2 Å². The van der Waals surface area contributed by atoms with E-state index in [9.17, 15) is 20.0 Å². The molecule has 3 aromatic carbocycles. The molecule has 0 aliphatic rings. The fourth-order valence-electron chi connectivity index (χ4n) is 2.50. The Kier molecular flexibility index (Phi) is 6.03. The van der Waals surface area contributed by atoms with Crippen LogP contribution in [0.2, 0.25) is 0 Å². The molecule has 3 rings (SSSR count). The van der Waals surface area contributed by atoms with Crippen LogP contribution in [0.1, 0.15) is 15.9 Å². The molecule has 0 fully saturated rings. The summed E-state index contributed by atoms with van der Waals surface area (Å²) in [6.07, 6.45) is 1.46. The van der Waals surface area contributed by atoms with Crippen LogP contribution in [0.15, 0.2) is 84.4 Å². The van der Waals surface area contributed by atoms with Crippen molar-refractivity contribution in [2.24, 2.45) is 0 Å². The number of hydrogen-bond donors (Lipinski definition) is 2. The number of amides is 1. The fraction of sp³-hybridized carbons (Fsp3) is 0. The molecule has 0 atom stereocenters. The normalized spacial score (nSPS) is 10.7. The zero-order valence-electron chi connectivity index (χ0n) is 15.2. The van der Waals surface area contributed by atoms with Gasteiger partial charge in [0.05, 0.1) is 0 Å². The maximum atomic E-state index is 12.3. The number of phenolic OH excluding ortho intramolecular Hbond substituents is 1. The molecule has 142 valence electrons. The van der Waals surface area contributed by atoms with E-state index in [1.807, 2.05) is 12.1 Å². The van der Waals surface area contributed by atoms with E-state index in [-0.39, 0.29) is 22.6 Å². The number of anilines is 1. The predicted octanol–water partition coefficient (Wildman–Crippen LogP) is 4.16. The Balaban J connectivity index is 1.73. The van der Waals surface area contributed by atoms with Crippen LogP contribution in [0.3, 0.4) is 0 Å². The highest BCUT2D eigenvalue weighted by Gasteiger charge is 2.16. The number of benzene rings is 3. The minimum atomic E-state index is -0.728. The lowest BCUT2D eigenvalue weighted by Gasteiger charge is -2.09. The Morgan fingerprint density at radius 2 is 1.62 bits per heavy atom. The molecule has 6 nitrogen and oxygen atoms in total. The van der Waals surface area contributed by atoms with E-state index in [1.165, 1.54) is 24.3 Å². The van der Waals surface area contributed by atoms with Crippen molar-refractivity contribution in [1.82, 2.24) is 0 Å². The summed E-state index contributed by atoms with van der Waals surface area (Å²) in [5.74, 6) is -1.36. The maximum absolute atomic E-state index is 12.3. The Morgan fingerprint density at radius 3 is 2.24 bits per heavy atom. The van der Waals surface area contributed by atoms with Gasteiger partial charge in [-0.2, -0.15) is 5.26 Å². The molecule has 6 heteroatoms. The molecule has 0 aliphatic heterocycles. The number of nitrogens with one attached hydrogen (secondary N) is 1. The van der Waals surface area contributed by atoms with Gasteiger partial charge in [-0.1, -0.05) is 48.5 Å². The SMILES string of the molecule is N#C/C(=C\c1ccccc1)C(=O)Nc1ccc(C(=O)Oc2ccccc2)c(O)c1. The molecule has 2 N–H and O–H groups in total. The molecule has 1 amide bonds. The van der Waals surface area contributed by atoms with Crippen molar-refractivity contribution >= 4 is 23.6 Å². The van der Waals surface area contributed by atoms with Crippen LogP contribution < -0.4 is 10.1 Å². The van der Waals surface area contributed by atoms with Crippen LogP contribution in [0.4, 0.5) is 5.69 Å². The van der Waals surface area contributed by atoms with Crippen molar-refractivity contribution < 1.29 is 19.4 Å². The first-order chi connectivity index (χ1) is 14.1. The lowest BCUT2D eigenvalue weighted by Crippen LogP contribution is -2.14. The monoisotopic (exact) mass is 384 g/mol. The number of para-hydroxylation sites is 1. The Bertz CT molecular complexity index is 1100. The number of phenols is 1. The summed E-state index contributed by atoms with van der Waals surface area (Å²) in [6.45, 7) is 0. The van der Waals surface area contributed by atoms with Gasteiger partial charge in [0.25, 0.3) is 5.91 Å². The standard InChI is InChI=1S/C23H16N2O4/c24-15-17(13-16-7-3-1-4-8-16)22(27)25-18-11-12-20(21(26)14-18)23(28)29-19-9-5-2-6-10-19/h1-14,26H,(H,25,27)/b17-13+. The number of rotatable bonds is 5. The van der Waals surface area contributed by atoms with E-state index >= 15 is 0 Å². The van der Waals surface area contributed by atoms with Crippen LogP contribution in [0, 0.1) is 11.3 Å². The minimum Gasteiger partial charge on any atom is -0.507 e. The van der Waals surface area contributed by atoms with Crippen LogP contribution in [-0.2, 0) is 4.79 Å². The topological polar surface area (TPSA) is 99.4 Å². The first-order valence-corrected chi connectivity index (χ1v) is 8.65. The highest BCUT2D eigenvalue weighted by Crippen LogP contribution is 2.24. The van der Waals surface area contributed by atoms with Crippen LogP contribution >= 0.6 is 0 Å². The van der Waals surface area contributed by atoms with Gasteiger partial charge >= 0.3 is 5.97 Å². The van der Waals surface area contributed by atoms with Crippen molar-refractivity contribution in [2.75, 3.05) is 5.32 Å². The molecule has 0 aliphatic carbocycles. The van der Waals surface area contributed by atoms with Gasteiger partial charge in [-0.3, -0.25) is 4.79 Å². The van der Waals surface area contributed by atoms with E-state index in [2.05, 4.69) is 5.32 Å². The number of aromatic hydroxyl groups is 1. The van der Waals surface area contributed by atoms with E-state index in [0.29, 0.717) is 11.3 Å². The number of ether oxygens (including phenoxy) is 1. The van der Waals surface area contributed by atoms with E-state index in [1.54, 1.807) is 54.6 Å². The number of hydrogen-bond acceptors (Lipinski definition) is 5. The average molecular weight is 384 g/mol. The minimum absolute atomic E-state index is 0.0489. The van der Waals surface area contributed by atoms with Gasteiger partial charge in [0.2, 0.25) is 0 Å². The number of carbonyl (C=O) groups excluding carboxylic acids is 2. The van der Waals surface area contributed by atoms with Crippen molar-refractivity contribution in [2.45, 2.75) is 0 Å². The summed E-state index contributed by atoms with van der Waals surface area (Å²) in [7, 11) is 0. The summed E-state index contributed by atoms with van der Waals surface area (Å²) in [5, 5.41) is 21.9. The molecule has 0 saturated heterocycles. The van der Waals surface area contributed by atoms with E-state index in [0.717, 1.165) is 0 Å². The number of carbonyl (C=O) groups is 2. The highest BCUT2D eigenvalue weighted by atomic mass is 16.5. The third-order valence-corrected chi connectivity index (χ3v) is 3.90. The number of esters is 1. The van der Waals surface area contributed by atoms with Crippen molar-refractivity contribution in [3.05, 3.63) is 95.6 Å². The van der Waals surface area contributed by atoms with Gasteiger partial charge in [-0.25, -0.2) is 4.79 Å². The second-order valence-electron chi connectivity index (χ2n) is 5.97. The van der Waals surface area contributed by atoms with Gasteiger partial charge in [0.15, 0.2) is 0 Å². The summed E-state index contributed by atoms with van der Waals surface area (Å²) in [6, 6.07) is 23.3. The van der Waals surface area contributed by atoms with Crippen LogP contribution in [0.25, 0.3) is 6.08 Å². The van der Waals surface area contributed by atoms with Gasteiger partial charge in [0, 0.05) is 11.8 Å². The third-order valence-electron chi connectivity index (χ3n) is 3.90. The molecule has 0 spiro atoms. The van der Waals surface area contributed by atoms with Crippen molar-refractivity contribution in [3.63, 3.8) is 0 Å². The average Bonchev–Trinajstić information content (AvgIpc) is 2.73. The zero-order valence-corrected chi connectivity index (χ0v) is 15.2. The maximum Gasteiger partial charge on any atom is 0.347 e. The zero-order chi connectivity index (χ0) is 20.6. The van der Waals surface area contributed by atoms with Crippen molar-refractivity contribution in [1.29, 1.82) is 5.26 Å². The fourth-order valence-corrected chi connectivity index (χ4v) is 2.50. The molecule has 0 bridgehead atoms. The third kappa shape index (κ3) is 5.08. The predicted molar refractivity (Wildman–Crippen MR) is 108 cm³/mol. The molecule has 0 saturated carbocycles. The van der Waals surface area contributed by atoms with Crippen molar-refractivity contribution in [3.8, 4) is 17.6 Å². The van der Waals surface area contributed by atoms with Gasteiger partial charge in [0.1, 0.15) is 28.7 Å². The Labute approximate surface area is 167 Å². The molecule has 0 aromatic heterocycles.